The molecule has 21 heavy (non-hydrogen) atoms. The van der Waals surface area contributed by atoms with E-state index in [2.05, 4.69) is 39.6 Å². The summed E-state index contributed by atoms with van der Waals surface area (Å²) in [6.45, 7) is 8.41. The molecule has 1 heterocycles. The van der Waals surface area contributed by atoms with Gasteiger partial charge in [0.2, 0.25) is 5.89 Å². The van der Waals surface area contributed by atoms with E-state index in [0.717, 1.165) is 19.0 Å². The van der Waals surface area contributed by atoms with Gasteiger partial charge in [-0.15, -0.1) is 0 Å². The van der Waals surface area contributed by atoms with E-state index in [4.69, 9.17) is 4.52 Å². The van der Waals surface area contributed by atoms with E-state index in [-0.39, 0.29) is 0 Å². The van der Waals surface area contributed by atoms with Gasteiger partial charge in [0, 0.05) is 13.1 Å². The van der Waals surface area contributed by atoms with E-state index >= 15 is 0 Å². The Kier molecular flexibility index (Phi) is 5.59. The van der Waals surface area contributed by atoms with Crippen molar-refractivity contribution < 1.29 is 4.52 Å². The van der Waals surface area contributed by atoms with Crippen molar-refractivity contribution in [3.05, 3.63) is 11.7 Å². The first-order valence-corrected chi connectivity index (χ1v) is 7.99. The summed E-state index contributed by atoms with van der Waals surface area (Å²) < 4.78 is 5.09. The van der Waals surface area contributed by atoms with Crippen LogP contribution in [-0.4, -0.2) is 29.2 Å². The number of nitrogens with zero attached hydrogens (tertiary/aromatic N) is 3. The van der Waals surface area contributed by atoms with Crippen molar-refractivity contribution in [3.63, 3.8) is 0 Å². The first-order chi connectivity index (χ1) is 10.2. The van der Waals surface area contributed by atoms with Crippen LogP contribution >= 0.6 is 0 Å². The molecule has 0 bridgehead atoms. The molecule has 0 radical (unpaired) electrons. The molecule has 0 aliphatic heterocycles. The van der Waals surface area contributed by atoms with Crippen molar-refractivity contribution in [1.29, 1.82) is 0 Å². The average Bonchev–Trinajstić information content (AvgIpc) is 3.12. The van der Waals surface area contributed by atoms with E-state index < -0.39 is 0 Å². The van der Waals surface area contributed by atoms with Gasteiger partial charge in [0.1, 0.15) is 6.54 Å². The van der Waals surface area contributed by atoms with Crippen LogP contribution in [0.4, 0.5) is 0 Å². The van der Waals surface area contributed by atoms with E-state index in [1.807, 2.05) is 6.92 Å². The lowest BCUT2D eigenvalue weighted by molar-refractivity contribution is 0.283. The molecule has 0 atom stereocenters. The molecule has 0 aromatic carbocycles. The summed E-state index contributed by atoms with van der Waals surface area (Å²) >= 11 is 0. The van der Waals surface area contributed by atoms with Gasteiger partial charge in [0.05, 0.1) is 0 Å². The summed E-state index contributed by atoms with van der Waals surface area (Å²) in [5.41, 5.74) is 0.442. The zero-order valence-electron chi connectivity index (χ0n) is 13.4. The third-order valence-corrected chi connectivity index (χ3v) is 4.33. The zero-order valence-corrected chi connectivity index (χ0v) is 13.4. The molecule has 0 saturated heterocycles. The van der Waals surface area contributed by atoms with Crippen molar-refractivity contribution in [2.45, 2.75) is 59.4 Å². The minimum Gasteiger partial charge on any atom is -0.357 e. The maximum atomic E-state index is 5.09. The molecule has 6 nitrogen and oxygen atoms in total. The third-order valence-electron chi connectivity index (χ3n) is 4.33. The van der Waals surface area contributed by atoms with Crippen LogP contribution in [0.2, 0.25) is 0 Å². The lowest BCUT2D eigenvalue weighted by Gasteiger charge is -2.28. The van der Waals surface area contributed by atoms with Crippen LogP contribution in [0, 0.1) is 12.3 Å². The first-order valence-electron chi connectivity index (χ1n) is 7.99. The molecule has 1 aromatic heterocycles. The fourth-order valence-corrected chi connectivity index (χ4v) is 2.94. The van der Waals surface area contributed by atoms with Crippen molar-refractivity contribution in [2.24, 2.45) is 10.4 Å². The van der Waals surface area contributed by atoms with Gasteiger partial charge in [-0.05, 0) is 38.5 Å². The highest BCUT2D eigenvalue weighted by Crippen LogP contribution is 2.40. The Balaban J connectivity index is 1.91. The van der Waals surface area contributed by atoms with E-state index in [1.54, 1.807) is 0 Å². The minimum absolute atomic E-state index is 0.412. The number of nitrogens with one attached hydrogen (secondary N) is 2. The summed E-state index contributed by atoms with van der Waals surface area (Å²) in [4.78, 5) is 8.69. The topological polar surface area (TPSA) is 75.3 Å². The molecule has 6 heteroatoms. The largest absolute Gasteiger partial charge is 0.357 e. The Bertz CT molecular complexity index is 462. The SMILES string of the molecule is CCNC(=NCc1nc(C)no1)NCC1(CC)CCCC1. The molecule has 2 N–H and O–H groups in total. The highest BCUT2D eigenvalue weighted by atomic mass is 16.5. The van der Waals surface area contributed by atoms with Crippen LogP contribution in [0.3, 0.4) is 0 Å². The van der Waals surface area contributed by atoms with Crippen molar-refractivity contribution in [2.75, 3.05) is 13.1 Å². The molecule has 0 spiro atoms. The van der Waals surface area contributed by atoms with E-state index in [1.165, 1.54) is 32.1 Å². The van der Waals surface area contributed by atoms with Crippen LogP contribution in [0.1, 0.15) is 57.7 Å². The van der Waals surface area contributed by atoms with Gasteiger partial charge in [-0.2, -0.15) is 4.98 Å². The molecule has 1 fully saturated rings. The Morgan fingerprint density at radius 3 is 2.62 bits per heavy atom. The third kappa shape index (κ3) is 4.44. The molecule has 118 valence electrons. The number of aliphatic imine (C=N–C) groups is 1. The lowest BCUT2D eigenvalue weighted by Crippen LogP contribution is -2.42. The maximum Gasteiger partial charge on any atom is 0.248 e. The predicted octanol–water partition coefficient (Wildman–Crippen LogP) is 2.40. The number of rotatable bonds is 6. The van der Waals surface area contributed by atoms with Gasteiger partial charge in [-0.1, -0.05) is 24.9 Å². The van der Waals surface area contributed by atoms with Crippen molar-refractivity contribution in [1.82, 2.24) is 20.8 Å². The summed E-state index contributed by atoms with van der Waals surface area (Å²) in [6, 6.07) is 0. The van der Waals surface area contributed by atoms with Gasteiger partial charge < -0.3 is 15.2 Å². The Labute approximate surface area is 126 Å². The second-order valence-corrected chi connectivity index (χ2v) is 5.84. The van der Waals surface area contributed by atoms with Gasteiger partial charge in [0.25, 0.3) is 0 Å². The molecule has 0 unspecified atom stereocenters. The minimum atomic E-state index is 0.412. The van der Waals surface area contributed by atoms with Gasteiger partial charge in [0.15, 0.2) is 11.8 Å². The van der Waals surface area contributed by atoms with Crippen LogP contribution < -0.4 is 10.6 Å². The Morgan fingerprint density at radius 2 is 2.05 bits per heavy atom. The standard InChI is InChI=1S/C15H27N5O/c1-4-15(8-6-7-9-15)11-18-14(16-5-2)17-10-13-19-12(3)20-21-13/h4-11H2,1-3H3,(H2,16,17,18). The van der Waals surface area contributed by atoms with Crippen LogP contribution in [0.5, 0.6) is 0 Å². The maximum absolute atomic E-state index is 5.09. The van der Waals surface area contributed by atoms with Gasteiger partial charge >= 0.3 is 0 Å². The van der Waals surface area contributed by atoms with Crippen LogP contribution in [-0.2, 0) is 6.54 Å². The highest BCUT2D eigenvalue weighted by molar-refractivity contribution is 5.79. The fraction of sp³-hybridized carbons (Fsp3) is 0.800. The average molecular weight is 293 g/mol. The van der Waals surface area contributed by atoms with Crippen LogP contribution in [0.15, 0.2) is 9.52 Å². The number of guanidine groups is 1. The van der Waals surface area contributed by atoms with E-state index in [9.17, 15) is 0 Å². The quantitative estimate of drug-likeness (QED) is 0.622. The molecular formula is C15H27N5O. The summed E-state index contributed by atoms with van der Waals surface area (Å²) in [5, 5.41) is 10.5. The monoisotopic (exact) mass is 293 g/mol. The normalized spacial score (nSPS) is 18.0. The predicted molar refractivity (Wildman–Crippen MR) is 83.0 cm³/mol. The number of hydrogen-bond donors (Lipinski definition) is 2. The van der Waals surface area contributed by atoms with Crippen molar-refractivity contribution in [3.8, 4) is 0 Å². The van der Waals surface area contributed by atoms with Gasteiger partial charge in [-0.25, -0.2) is 4.99 Å². The molecule has 0 amide bonds. The summed E-state index contributed by atoms with van der Waals surface area (Å²) in [6.07, 6.45) is 6.56. The molecule has 1 aromatic rings. The first kappa shape index (κ1) is 15.8. The molecular weight excluding hydrogens is 266 g/mol. The van der Waals surface area contributed by atoms with Crippen molar-refractivity contribution >= 4 is 5.96 Å². The summed E-state index contributed by atoms with van der Waals surface area (Å²) in [7, 11) is 0. The molecule has 2 rings (SSSR count). The van der Waals surface area contributed by atoms with Crippen LogP contribution in [0.25, 0.3) is 0 Å². The summed E-state index contributed by atoms with van der Waals surface area (Å²) in [5.74, 6) is 2.03. The Hall–Kier alpha value is -1.59. The zero-order chi connectivity index (χ0) is 15.1. The Morgan fingerprint density at radius 1 is 1.29 bits per heavy atom. The second-order valence-electron chi connectivity index (χ2n) is 5.84. The number of aromatic nitrogens is 2. The smallest absolute Gasteiger partial charge is 0.248 e. The second kappa shape index (κ2) is 7.43. The number of hydrogen-bond acceptors (Lipinski definition) is 4. The molecule has 1 aliphatic carbocycles. The molecule has 1 saturated carbocycles. The lowest BCUT2D eigenvalue weighted by atomic mass is 9.83. The fourth-order valence-electron chi connectivity index (χ4n) is 2.94. The number of aryl methyl sites for hydroxylation is 1. The van der Waals surface area contributed by atoms with Gasteiger partial charge in [-0.3, -0.25) is 0 Å². The van der Waals surface area contributed by atoms with E-state index in [0.29, 0.717) is 23.7 Å². The highest BCUT2D eigenvalue weighted by Gasteiger charge is 2.31. The molecule has 1 aliphatic rings.